The van der Waals surface area contributed by atoms with Gasteiger partial charge >= 0.3 is 0 Å². The Morgan fingerprint density at radius 3 is 2.69 bits per heavy atom. The Morgan fingerprint density at radius 1 is 1.14 bits per heavy atom. The molecule has 0 bridgehead atoms. The molecule has 3 heterocycles. The van der Waals surface area contributed by atoms with Crippen LogP contribution in [0.15, 0.2) is 71.2 Å². The first-order chi connectivity index (χ1) is 17.0. The van der Waals surface area contributed by atoms with Crippen molar-refractivity contribution in [3.8, 4) is 11.8 Å². The lowest BCUT2D eigenvalue weighted by Crippen LogP contribution is -2.44. The quantitative estimate of drug-likeness (QED) is 0.348. The van der Waals surface area contributed by atoms with Crippen molar-refractivity contribution in [1.29, 1.82) is 5.26 Å². The van der Waals surface area contributed by atoms with Crippen LogP contribution in [-0.4, -0.2) is 34.1 Å². The molecule has 0 spiro atoms. The number of carbonyl (C=O) groups is 1. The molecule has 0 saturated carbocycles. The Morgan fingerprint density at radius 2 is 1.94 bits per heavy atom. The van der Waals surface area contributed by atoms with Crippen LogP contribution in [0.5, 0.6) is 5.75 Å². The van der Waals surface area contributed by atoms with Gasteiger partial charge in [0.1, 0.15) is 11.8 Å². The van der Waals surface area contributed by atoms with Gasteiger partial charge in [0.25, 0.3) is 5.91 Å². The van der Waals surface area contributed by atoms with Crippen LogP contribution in [0.3, 0.4) is 0 Å². The fourth-order valence-electron chi connectivity index (χ4n) is 5.18. The zero-order chi connectivity index (χ0) is 24.3. The second kappa shape index (κ2) is 8.22. The van der Waals surface area contributed by atoms with Gasteiger partial charge in [-0.05, 0) is 71.9 Å². The Hall–Kier alpha value is -3.67. The number of rotatable bonds is 3. The summed E-state index contributed by atoms with van der Waals surface area (Å²) >= 11 is 9.53. The minimum absolute atomic E-state index is 0.0846. The Bertz CT molecular complexity index is 1560. The zero-order valence-electron chi connectivity index (χ0n) is 18.7. The van der Waals surface area contributed by atoms with Crippen LogP contribution in [0.1, 0.15) is 28.4 Å². The number of anilines is 1. The summed E-state index contributed by atoms with van der Waals surface area (Å²) < 4.78 is 6.35. The summed E-state index contributed by atoms with van der Waals surface area (Å²) in [5, 5.41) is 10.9. The van der Waals surface area contributed by atoms with Crippen molar-refractivity contribution in [2.75, 3.05) is 12.0 Å². The van der Waals surface area contributed by atoms with Crippen LogP contribution in [0.25, 0.3) is 10.9 Å². The molecule has 3 aromatic carbocycles. The summed E-state index contributed by atoms with van der Waals surface area (Å²) in [5.74, 6) is 0.676. The van der Waals surface area contributed by atoms with Crippen LogP contribution in [0.4, 0.5) is 5.69 Å². The SMILES string of the molecule is COc1ccc(C2c3[nH]c4ccc(Br)cc4c3CC3C(=O)N(c4cccc(C#N)c4)C(=S)N32)cc1. The summed E-state index contributed by atoms with van der Waals surface area (Å²) in [6, 6.07) is 22.5. The topological polar surface area (TPSA) is 72.4 Å². The highest BCUT2D eigenvalue weighted by atomic mass is 79.9. The highest BCUT2D eigenvalue weighted by Crippen LogP contribution is 2.45. The van der Waals surface area contributed by atoms with E-state index in [4.69, 9.17) is 17.0 Å². The van der Waals surface area contributed by atoms with Gasteiger partial charge in [0.05, 0.1) is 30.5 Å². The van der Waals surface area contributed by atoms with E-state index in [1.165, 1.54) is 0 Å². The van der Waals surface area contributed by atoms with E-state index in [1.807, 2.05) is 47.4 Å². The Kier molecular flexibility index (Phi) is 5.13. The number of H-pyrrole nitrogens is 1. The van der Waals surface area contributed by atoms with Gasteiger partial charge < -0.3 is 14.6 Å². The van der Waals surface area contributed by atoms with Gasteiger partial charge in [0, 0.05) is 27.5 Å². The molecule has 8 heteroatoms. The Labute approximate surface area is 215 Å². The van der Waals surface area contributed by atoms with Crippen molar-refractivity contribution in [3.63, 3.8) is 0 Å². The maximum Gasteiger partial charge on any atom is 0.256 e. The van der Waals surface area contributed by atoms with Crippen LogP contribution in [0.2, 0.25) is 0 Å². The third kappa shape index (κ3) is 3.34. The molecule has 2 unspecified atom stereocenters. The molecule has 35 heavy (non-hydrogen) atoms. The number of aromatic amines is 1. The third-order valence-electron chi connectivity index (χ3n) is 6.77. The second-order valence-electron chi connectivity index (χ2n) is 8.63. The number of carbonyl (C=O) groups excluding carboxylic acids is 1. The van der Waals surface area contributed by atoms with Gasteiger partial charge in [-0.3, -0.25) is 9.69 Å². The van der Waals surface area contributed by atoms with Gasteiger partial charge in [-0.15, -0.1) is 0 Å². The molecule has 6 nitrogen and oxygen atoms in total. The van der Waals surface area contributed by atoms with E-state index in [2.05, 4.69) is 33.0 Å². The highest BCUT2D eigenvalue weighted by Gasteiger charge is 2.51. The monoisotopic (exact) mass is 542 g/mol. The minimum atomic E-state index is -0.453. The van der Waals surface area contributed by atoms with E-state index in [1.54, 1.807) is 30.2 Å². The molecular formula is C27H19BrN4O2S. The number of ether oxygens (including phenoxy) is 1. The number of hydrogen-bond donors (Lipinski definition) is 1. The fraction of sp³-hybridized carbons (Fsp3) is 0.148. The molecule has 2 atom stereocenters. The number of methoxy groups -OCH3 is 1. The van der Waals surface area contributed by atoms with Gasteiger partial charge in [-0.2, -0.15) is 5.26 Å². The first-order valence-corrected chi connectivity index (χ1v) is 12.3. The fourth-order valence-corrected chi connectivity index (χ4v) is 5.97. The van der Waals surface area contributed by atoms with E-state index in [0.29, 0.717) is 22.8 Å². The van der Waals surface area contributed by atoms with Crippen molar-refractivity contribution in [1.82, 2.24) is 9.88 Å². The van der Waals surface area contributed by atoms with E-state index in [9.17, 15) is 10.1 Å². The lowest BCUT2D eigenvalue weighted by molar-refractivity contribution is -0.120. The number of fused-ring (bicyclic) bond motifs is 4. The molecule has 6 rings (SSSR count). The maximum atomic E-state index is 13.8. The molecule has 1 saturated heterocycles. The first-order valence-electron chi connectivity index (χ1n) is 11.1. The first kappa shape index (κ1) is 21.8. The van der Waals surface area contributed by atoms with E-state index < -0.39 is 6.04 Å². The van der Waals surface area contributed by atoms with E-state index in [-0.39, 0.29) is 11.9 Å². The maximum absolute atomic E-state index is 13.8. The van der Waals surface area contributed by atoms with Crippen molar-refractivity contribution in [2.45, 2.75) is 18.5 Å². The van der Waals surface area contributed by atoms with Crippen LogP contribution < -0.4 is 9.64 Å². The second-order valence-corrected chi connectivity index (χ2v) is 9.91. The van der Waals surface area contributed by atoms with Gasteiger partial charge in [0.2, 0.25) is 0 Å². The predicted octanol–water partition coefficient (Wildman–Crippen LogP) is 5.46. The minimum Gasteiger partial charge on any atom is -0.497 e. The molecule has 1 amide bonds. The molecule has 2 aliphatic rings. The van der Waals surface area contributed by atoms with Crippen molar-refractivity contribution in [3.05, 3.63) is 93.6 Å². The molecule has 1 aromatic heterocycles. The number of hydrogen-bond acceptors (Lipinski definition) is 4. The lowest BCUT2D eigenvalue weighted by Gasteiger charge is -2.37. The number of benzene rings is 3. The molecule has 0 radical (unpaired) electrons. The van der Waals surface area contributed by atoms with Crippen LogP contribution in [-0.2, 0) is 11.2 Å². The number of halogens is 1. The van der Waals surface area contributed by atoms with E-state index in [0.717, 1.165) is 37.9 Å². The van der Waals surface area contributed by atoms with Crippen LogP contribution >= 0.6 is 28.1 Å². The van der Waals surface area contributed by atoms with Crippen molar-refractivity contribution >= 4 is 55.8 Å². The molecule has 0 aliphatic carbocycles. The average Bonchev–Trinajstić information content (AvgIpc) is 3.36. The molecule has 172 valence electrons. The summed E-state index contributed by atoms with van der Waals surface area (Å²) in [6.07, 6.45) is 0.534. The van der Waals surface area contributed by atoms with Gasteiger partial charge in [0.15, 0.2) is 5.11 Å². The molecule has 1 N–H and O–H groups in total. The summed E-state index contributed by atoms with van der Waals surface area (Å²) in [5.41, 5.74) is 5.27. The molecule has 4 aromatic rings. The van der Waals surface area contributed by atoms with E-state index >= 15 is 0 Å². The number of amides is 1. The third-order valence-corrected chi connectivity index (χ3v) is 7.66. The number of aromatic nitrogens is 1. The molecular weight excluding hydrogens is 524 g/mol. The number of thiocarbonyl (C=S) groups is 1. The zero-order valence-corrected chi connectivity index (χ0v) is 21.1. The smallest absolute Gasteiger partial charge is 0.256 e. The summed E-state index contributed by atoms with van der Waals surface area (Å²) in [7, 11) is 1.64. The predicted molar refractivity (Wildman–Crippen MR) is 141 cm³/mol. The standard InChI is InChI=1S/C27H19BrN4O2S/c1-34-19-8-5-16(6-9-19)25-24-21(20-12-17(28)7-10-22(20)30-24)13-23-26(33)31(27(35)32(23)25)18-4-2-3-15(11-18)14-29/h2-12,23,25,30H,13H2,1H3. The van der Waals surface area contributed by atoms with Crippen LogP contribution in [0, 0.1) is 11.3 Å². The largest absolute Gasteiger partial charge is 0.497 e. The lowest BCUT2D eigenvalue weighted by atomic mass is 9.89. The number of nitrogens with zero attached hydrogens (tertiary/aromatic N) is 3. The normalized spacial score (nSPS) is 19.0. The average molecular weight is 543 g/mol. The molecule has 1 fully saturated rings. The number of nitrogens with one attached hydrogen (secondary N) is 1. The van der Waals surface area contributed by atoms with Gasteiger partial charge in [-0.1, -0.05) is 34.1 Å². The Balaban J connectivity index is 1.54. The molecule has 2 aliphatic heterocycles. The number of nitriles is 1. The van der Waals surface area contributed by atoms with Gasteiger partial charge in [-0.25, -0.2) is 0 Å². The van der Waals surface area contributed by atoms with Crippen molar-refractivity contribution < 1.29 is 9.53 Å². The summed E-state index contributed by atoms with van der Waals surface area (Å²) in [4.78, 5) is 21.1. The highest BCUT2D eigenvalue weighted by molar-refractivity contribution is 9.10. The van der Waals surface area contributed by atoms with Crippen molar-refractivity contribution in [2.24, 2.45) is 0 Å². The summed E-state index contributed by atoms with van der Waals surface area (Å²) in [6.45, 7) is 0.